The standard InChI is InChI=1S/C19H14F3N3O3/c20-19(21,22)13-7-4-8-14(9-13)25-17(27)15(16(26)24-18(25)28)11-23-10-12-5-2-1-3-6-12/h1-9,11,15H,10H2,(H,24,26,28)/t15-/m0/s1. The highest BCUT2D eigenvalue weighted by Crippen LogP contribution is 2.32. The van der Waals surface area contributed by atoms with E-state index in [0.717, 1.165) is 23.9 Å². The summed E-state index contributed by atoms with van der Waals surface area (Å²) in [6, 6.07) is 11.7. The molecule has 0 unspecified atom stereocenters. The molecule has 1 fully saturated rings. The van der Waals surface area contributed by atoms with Crippen LogP contribution >= 0.6 is 0 Å². The van der Waals surface area contributed by atoms with Gasteiger partial charge in [-0.25, -0.2) is 9.69 Å². The second kappa shape index (κ2) is 7.63. The maximum Gasteiger partial charge on any atom is 0.416 e. The highest BCUT2D eigenvalue weighted by atomic mass is 19.4. The number of rotatable bonds is 4. The topological polar surface area (TPSA) is 78.8 Å². The summed E-state index contributed by atoms with van der Waals surface area (Å²) in [6.07, 6.45) is -3.55. The lowest BCUT2D eigenvalue weighted by Crippen LogP contribution is -2.58. The largest absolute Gasteiger partial charge is 0.416 e. The van der Waals surface area contributed by atoms with Crippen LogP contribution in [0.3, 0.4) is 0 Å². The zero-order chi connectivity index (χ0) is 20.3. The number of nitrogens with zero attached hydrogens (tertiary/aromatic N) is 2. The van der Waals surface area contributed by atoms with Crippen LogP contribution in [-0.4, -0.2) is 24.1 Å². The number of hydrogen-bond donors (Lipinski definition) is 1. The molecule has 9 heteroatoms. The molecule has 3 rings (SSSR count). The monoisotopic (exact) mass is 389 g/mol. The van der Waals surface area contributed by atoms with Crippen molar-refractivity contribution in [3.63, 3.8) is 0 Å². The average Bonchev–Trinajstić information content (AvgIpc) is 2.64. The summed E-state index contributed by atoms with van der Waals surface area (Å²) < 4.78 is 38.7. The summed E-state index contributed by atoms with van der Waals surface area (Å²) in [4.78, 5) is 41.3. The summed E-state index contributed by atoms with van der Waals surface area (Å²) >= 11 is 0. The molecule has 1 N–H and O–H groups in total. The van der Waals surface area contributed by atoms with Gasteiger partial charge in [-0.1, -0.05) is 36.4 Å². The fraction of sp³-hybridized carbons (Fsp3) is 0.158. The van der Waals surface area contributed by atoms with Crippen LogP contribution in [0, 0.1) is 5.92 Å². The Morgan fingerprint density at radius 2 is 1.75 bits per heavy atom. The van der Waals surface area contributed by atoms with Gasteiger partial charge < -0.3 is 0 Å². The minimum atomic E-state index is -4.64. The molecule has 0 aromatic heterocycles. The summed E-state index contributed by atoms with van der Waals surface area (Å²) in [6.45, 7) is 0.204. The lowest BCUT2D eigenvalue weighted by atomic mass is 10.1. The van der Waals surface area contributed by atoms with Crippen LogP contribution < -0.4 is 10.2 Å². The van der Waals surface area contributed by atoms with Gasteiger partial charge in [0.2, 0.25) is 5.91 Å². The van der Waals surface area contributed by atoms with Crippen molar-refractivity contribution in [2.24, 2.45) is 10.9 Å². The van der Waals surface area contributed by atoms with Gasteiger partial charge in [-0.2, -0.15) is 13.2 Å². The molecule has 0 radical (unpaired) electrons. The Kier molecular flexibility index (Phi) is 5.25. The molecule has 144 valence electrons. The molecule has 1 heterocycles. The molecular formula is C19H14F3N3O3. The molecule has 1 aliphatic rings. The normalized spacial score (nSPS) is 17.9. The maximum absolute atomic E-state index is 12.9. The van der Waals surface area contributed by atoms with Gasteiger partial charge in [-0.3, -0.25) is 19.9 Å². The zero-order valence-electron chi connectivity index (χ0n) is 14.3. The van der Waals surface area contributed by atoms with Gasteiger partial charge in [0.1, 0.15) is 0 Å². The quantitative estimate of drug-likeness (QED) is 0.644. The molecule has 1 saturated heterocycles. The van der Waals surface area contributed by atoms with Crippen LogP contribution in [0.4, 0.5) is 23.7 Å². The Balaban J connectivity index is 1.84. The third kappa shape index (κ3) is 4.08. The molecule has 0 bridgehead atoms. The summed E-state index contributed by atoms with van der Waals surface area (Å²) in [5.41, 5.74) is -0.462. The van der Waals surface area contributed by atoms with Crippen LogP contribution in [0.15, 0.2) is 59.6 Å². The number of urea groups is 1. The number of barbiturate groups is 1. The third-order valence-electron chi connectivity index (χ3n) is 4.00. The number of alkyl halides is 3. The first-order valence-corrected chi connectivity index (χ1v) is 8.17. The smallest absolute Gasteiger partial charge is 0.291 e. The Bertz CT molecular complexity index is 942. The van der Waals surface area contributed by atoms with Gasteiger partial charge in [0.05, 0.1) is 17.8 Å². The molecular weight excluding hydrogens is 375 g/mol. The molecule has 4 amide bonds. The molecule has 2 aromatic rings. The number of benzene rings is 2. The van der Waals surface area contributed by atoms with E-state index in [2.05, 4.69) is 4.99 Å². The number of carbonyl (C=O) groups is 3. The van der Waals surface area contributed by atoms with E-state index in [-0.39, 0.29) is 12.2 Å². The highest BCUT2D eigenvalue weighted by molar-refractivity contribution is 6.32. The summed E-state index contributed by atoms with van der Waals surface area (Å²) in [5.74, 6) is -3.27. The zero-order valence-corrected chi connectivity index (χ0v) is 14.3. The van der Waals surface area contributed by atoms with E-state index < -0.39 is 35.5 Å². The van der Waals surface area contributed by atoms with Crippen molar-refractivity contribution in [3.8, 4) is 0 Å². The van der Waals surface area contributed by atoms with Crippen molar-refractivity contribution < 1.29 is 27.6 Å². The van der Waals surface area contributed by atoms with E-state index in [1.807, 2.05) is 11.4 Å². The predicted octanol–water partition coefficient (Wildman–Crippen LogP) is 3.18. The fourth-order valence-electron chi connectivity index (χ4n) is 2.63. The van der Waals surface area contributed by atoms with Gasteiger partial charge >= 0.3 is 12.2 Å². The molecule has 1 aliphatic heterocycles. The number of amides is 4. The molecule has 0 saturated carbocycles. The van der Waals surface area contributed by atoms with Crippen molar-refractivity contribution in [1.29, 1.82) is 0 Å². The lowest BCUT2D eigenvalue weighted by molar-refractivity contribution is -0.138. The van der Waals surface area contributed by atoms with Crippen LogP contribution in [0.5, 0.6) is 0 Å². The SMILES string of the molecule is O=C1NC(=O)N(c2cccc(C(F)(F)F)c2)C(=O)[C@H]1C=NCc1ccccc1. The van der Waals surface area contributed by atoms with Crippen LogP contribution in [0.25, 0.3) is 0 Å². The van der Waals surface area contributed by atoms with E-state index >= 15 is 0 Å². The maximum atomic E-state index is 12.9. The van der Waals surface area contributed by atoms with Crippen molar-refractivity contribution in [2.45, 2.75) is 12.7 Å². The molecule has 2 aromatic carbocycles. The van der Waals surface area contributed by atoms with E-state index in [1.54, 1.807) is 24.3 Å². The Labute approximate surface area is 157 Å². The number of anilines is 1. The van der Waals surface area contributed by atoms with E-state index in [9.17, 15) is 27.6 Å². The molecule has 28 heavy (non-hydrogen) atoms. The number of nitrogens with one attached hydrogen (secondary N) is 1. The van der Waals surface area contributed by atoms with Gasteiger partial charge in [0.25, 0.3) is 5.91 Å². The van der Waals surface area contributed by atoms with Crippen molar-refractivity contribution in [1.82, 2.24) is 5.32 Å². The highest BCUT2D eigenvalue weighted by Gasteiger charge is 2.41. The molecule has 1 atom stereocenters. The Morgan fingerprint density at radius 1 is 1.04 bits per heavy atom. The first kappa shape index (κ1) is 19.3. The van der Waals surface area contributed by atoms with Gasteiger partial charge in [0, 0.05) is 6.21 Å². The van der Waals surface area contributed by atoms with Crippen LogP contribution in [0.2, 0.25) is 0 Å². The molecule has 0 spiro atoms. The fourth-order valence-corrected chi connectivity index (χ4v) is 2.63. The van der Waals surface area contributed by atoms with Crippen molar-refractivity contribution in [3.05, 3.63) is 65.7 Å². The summed E-state index contributed by atoms with van der Waals surface area (Å²) in [7, 11) is 0. The number of halogens is 3. The minimum Gasteiger partial charge on any atom is -0.291 e. The van der Waals surface area contributed by atoms with Gasteiger partial charge in [0.15, 0.2) is 5.92 Å². The van der Waals surface area contributed by atoms with Gasteiger partial charge in [-0.05, 0) is 23.8 Å². The van der Waals surface area contributed by atoms with Gasteiger partial charge in [-0.15, -0.1) is 0 Å². The van der Waals surface area contributed by atoms with Crippen molar-refractivity contribution in [2.75, 3.05) is 4.90 Å². The first-order valence-electron chi connectivity index (χ1n) is 8.17. The molecule has 0 aliphatic carbocycles. The average molecular weight is 389 g/mol. The minimum absolute atomic E-state index is 0.204. The number of imide groups is 2. The number of aliphatic imine (C=N–C) groups is 1. The summed E-state index contributed by atoms with van der Waals surface area (Å²) in [5, 5.41) is 1.97. The number of carbonyl (C=O) groups excluding carboxylic acids is 3. The predicted molar refractivity (Wildman–Crippen MR) is 94.6 cm³/mol. The third-order valence-corrected chi connectivity index (χ3v) is 4.00. The number of hydrogen-bond acceptors (Lipinski definition) is 4. The van der Waals surface area contributed by atoms with Crippen LogP contribution in [-0.2, 0) is 22.3 Å². The second-order valence-corrected chi connectivity index (χ2v) is 5.97. The molecule has 6 nitrogen and oxygen atoms in total. The lowest BCUT2D eigenvalue weighted by Gasteiger charge is -2.28. The van der Waals surface area contributed by atoms with Crippen LogP contribution in [0.1, 0.15) is 11.1 Å². The van der Waals surface area contributed by atoms with E-state index in [0.29, 0.717) is 11.0 Å². The first-order chi connectivity index (χ1) is 13.3. The Hall–Kier alpha value is -3.49. The Morgan fingerprint density at radius 3 is 2.43 bits per heavy atom. The second-order valence-electron chi connectivity index (χ2n) is 5.97. The van der Waals surface area contributed by atoms with Crippen molar-refractivity contribution >= 4 is 29.7 Å². The van der Waals surface area contributed by atoms with E-state index in [4.69, 9.17) is 0 Å². The van der Waals surface area contributed by atoms with E-state index in [1.165, 1.54) is 6.07 Å².